The van der Waals surface area contributed by atoms with Crippen LogP contribution in [0.25, 0.3) is 0 Å². The van der Waals surface area contributed by atoms with Crippen LogP contribution in [0.1, 0.15) is 49.8 Å². The monoisotopic (exact) mass is 263 g/mol. The highest BCUT2D eigenvalue weighted by atomic mass is 16.3. The molecule has 19 heavy (non-hydrogen) atoms. The van der Waals surface area contributed by atoms with Crippen molar-refractivity contribution in [3.05, 3.63) is 29.3 Å². The lowest BCUT2D eigenvalue weighted by Crippen LogP contribution is -2.26. The molecule has 0 aliphatic heterocycles. The van der Waals surface area contributed by atoms with E-state index in [1.54, 1.807) is 6.07 Å². The number of aryl methyl sites for hydroxylation is 1. The number of phenolic OH excluding ortho intramolecular Hbond substituents is 1. The first-order valence-corrected chi connectivity index (χ1v) is 7.36. The lowest BCUT2D eigenvalue weighted by Gasteiger charge is -2.27. The molecule has 1 aliphatic carbocycles. The molecule has 0 amide bonds. The second-order valence-corrected chi connectivity index (χ2v) is 5.71. The van der Waals surface area contributed by atoms with Gasteiger partial charge in [0.15, 0.2) is 0 Å². The van der Waals surface area contributed by atoms with E-state index in [2.05, 4.69) is 12.2 Å². The van der Waals surface area contributed by atoms with Gasteiger partial charge in [-0.15, -0.1) is 0 Å². The molecule has 0 radical (unpaired) electrons. The fourth-order valence-electron chi connectivity index (χ4n) is 2.82. The highest BCUT2D eigenvalue weighted by Crippen LogP contribution is 2.32. The number of aliphatic hydroxyl groups is 1. The van der Waals surface area contributed by atoms with Crippen molar-refractivity contribution in [3.8, 4) is 5.75 Å². The Morgan fingerprint density at radius 3 is 3.05 bits per heavy atom. The Kier molecular flexibility index (Phi) is 5.23. The second-order valence-electron chi connectivity index (χ2n) is 5.71. The minimum absolute atomic E-state index is 0.278. The molecule has 0 aromatic heterocycles. The molecule has 0 spiro atoms. The quantitative estimate of drug-likeness (QED) is 0.692. The summed E-state index contributed by atoms with van der Waals surface area (Å²) in [4.78, 5) is 0. The molecule has 1 aromatic carbocycles. The molecule has 0 saturated heterocycles. The second kappa shape index (κ2) is 6.92. The Morgan fingerprint density at radius 2 is 2.26 bits per heavy atom. The molecule has 0 heterocycles. The Labute approximate surface area is 115 Å². The fourth-order valence-corrected chi connectivity index (χ4v) is 2.82. The topological polar surface area (TPSA) is 52.5 Å². The van der Waals surface area contributed by atoms with Crippen molar-refractivity contribution in [1.82, 2.24) is 5.32 Å². The van der Waals surface area contributed by atoms with Gasteiger partial charge in [-0.2, -0.15) is 0 Å². The normalized spacial score (nSPS) is 20.0. The van der Waals surface area contributed by atoms with Gasteiger partial charge in [-0.05, 0) is 67.8 Å². The Morgan fingerprint density at radius 1 is 1.42 bits per heavy atom. The van der Waals surface area contributed by atoms with Gasteiger partial charge in [0.2, 0.25) is 0 Å². The standard InChI is InChI=1S/C16H25NO2/c1-12(11-18)4-3-9-17-16-6-2-5-13-7-8-14(19)10-15(13)16/h7-8,10,12,16-19H,2-6,9,11H2,1H3. The number of benzene rings is 1. The van der Waals surface area contributed by atoms with Gasteiger partial charge in [0.05, 0.1) is 0 Å². The first-order chi connectivity index (χ1) is 9.20. The van der Waals surface area contributed by atoms with E-state index in [9.17, 15) is 5.11 Å². The van der Waals surface area contributed by atoms with Crippen LogP contribution >= 0.6 is 0 Å². The van der Waals surface area contributed by atoms with Gasteiger partial charge in [-0.3, -0.25) is 0 Å². The van der Waals surface area contributed by atoms with Crippen LogP contribution in [0.2, 0.25) is 0 Å². The summed E-state index contributed by atoms with van der Waals surface area (Å²) in [6.07, 6.45) is 5.62. The number of hydrogen-bond donors (Lipinski definition) is 3. The number of aromatic hydroxyl groups is 1. The molecule has 0 bridgehead atoms. The maximum absolute atomic E-state index is 9.63. The smallest absolute Gasteiger partial charge is 0.115 e. The van der Waals surface area contributed by atoms with Gasteiger partial charge in [0.25, 0.3) is 0 Å². The predicted octanol–water partition coefficient (Wildman–Crippen LogP) is 2.77. The molecular weight excluding hydrogens is 238 g/mol. The zero-order valence-electron chi connectivity index (χ0n) is 11.7. The van der Waals surface area contributed by atoms with Gasteiger partial charge >= 0.3 is 0 Å². The molecule has 1 aromatic rings. The van der Waals surface area contributed by atoms with Crippen LogP contribution in [0.4, 0.5) is 0 Å². The highest BCUT2D eigenvalue weighted by molar-refractivity contribution is 5.38. The van der Waals surface area contributed by atoms with E-state index in [0.29, 0.717) is 17.7 Å². The zero-order valence-corrected chi connectivity index (χ0v) is 11.7. The van der Waals surface area contributed by atoms with Crippen molar-refractivity contribution < 1.29 is 10.2 Å². The lowest BCUT2D eigenvalue weighted by atomic mass is 9.87. The first kappa shape index (κ1) is 14.4. The number of aliphatic hydroxyl groups excluding tert-OH is 1. The van der Waals surface area contributed by atoms with Crippen molar-refractivity contribution >= 4 is 0 Å². The third kappa shape index (κ3) is 3.95. The number of hydrogen-bond acceptors (Lipinski definition) is 3. The summed E-state index contributed by atoms with van der Waals surface area (Å²) in [5.41, 5.74) is 2.63. The molecule has 2 rings (SSSR count). The molecule has 2 unspecified atom stereocenters. The van der Waals surface area contributed by atoms with E-state index in [1.807, 2.05) is 12.1 Å². The number of fused-ring (bicyclic) bond motifs is 1. The van der Waals surface area contributed by atoms with E-state index in [1.165, 1.54) is 17.5 Å². The molecule has 0 saturated carbocycles. The maximum atomic E-state index is 9.63. The summed E-state index contributed by atoms with van der Waals surface area (Å²) < 4.78 is 0. The molecule has 106 valence electrons. The van der Waals surface area contributed by atoms with Crippen LogP contribution in [0.15, 0.2) is 18.2 Å². The number of nitrogens with one attached hydrogen (secondary N) is 1. The molecule has 2 atom stereocenters. The minimum Gasteiger partial charge on any atom is -0.508 e. The summed E-state index contributed by atoms with van der Waals surface area (Å²) in [5.74, 6) is 0.755. The number of rotatable bonds is 6. The van der Waals surface area contributed by atoms with Gasteiger partial charge in [0.1, 0.15) is 5.75 Å². The van der Waals surface area contributed by atoms with Crippen molar-refractivity contribution in [2.75, 3.05) is 13.2 Å². The minimum atomic E-state index is 0.278. The molecule has 3 N–H and O–H groups in total. The van der Waals surface area contributed by atoms with Crippen LogP contribution in [0, 0.1) is 5.92 Å². The van der Waals surface area contributed by atoms with Crippen molar-refractivity contribution in [3.63, 3.8) is 0 Å². The third-order valence-electron chi connectivity index (χ3n) is 4.02. The molecule has 1 aliphatic rings. The maximum Gasteiger partial charge on any atom is 0.115 e. The zero-order chi connectivity index (χ0) is 13.7. The molecule has 3 heteroatoms. The van der Waals surface area contributed by atoms with Gasteiger partial charge < -0.3 is 15.5 Å². The van der Waals surface area contributed by atoms with E-state index < -0.39 is 0 Å². The van der Waals surface area contributed by atoms with Crippen molar-refractivity contribution in [1.29, 1.82) is 0 Å². The SMILES string of the molecule is CC(CO)CCCNC1CCCc2ccc(O)cc21. The Bertz CT molecular complexity index is 406. The average Bonchev–Trinajstić information content (AvgIpc) is 2.43. The largest absolute Gasteiger partial charge is 0.508 e. The Balaban J connectivity index is 1.87. The summed E-state index contributed by atoms with van der Waals surface area (Å²) in [6.45, 7) is 3.33. The lowest BCUT2D eigenvalue weighted by molar-refractivity contribution is 0.227. The van der Waals surface area contributed by atoms with Crippen LogP contribution in [0.3, 0.4) is 0 Å². The predicted molar refractivity (Wildman–Crippen MR) is 77.3 cm³/mol. The first-order valence-electron chi connectivity index (χ1n) is 7.36. The number of phenols is 1. The van der Waals surface area contributed by atoms with E-state index in [4.69, 9.17) is 5.11 Å². The fraction of sp³-hybridized carbons (Fsp3) is 0.625. The van der Waals surface area contributed by atoms with Gasteiger partial charge in [-0.25, -0.2) is 0 Å². The van der Waals surface area contributed by atoms with Crippen LogP contribution in [-0.2, 0) is 6.42 Å². The van der Waals surface area contributed by atoms with Crippen molar-refractivity contribution in [2.24, 2.45) is 5.92 Å². The summed E-state index contributed by atoms with van der Waals surface area (Å²) in [5, 5.41) is 22.2. The van der Waals surface area contributed by atoms with E-state index >= 15 is 0 Å². The average molecular weight is 263 g/mol. The van der Waals surface area contributed by atoms with Crippen LogP contribution in [-0.4, -0.2) is 23.4 Å². The summed E-state index contributed by atoms with van der Waals surface area (Å²) >= 11 is 0. The van der Waals surface area contributed by atoms with E-state index in [0.717, 1.165) is 32.2 Å². The molecule has 3 nitrogen and oxygen atoms in total. The van der Waals surface area contributed by atoms with Crippen LogP contribution < -0.4 is 5.32 Å². The molecule has 0 fully saturated rings. The van der Waals surface area contributed by atoms with Crippen molar-refractivity contribution in [2.45, 2.75) is 45.1 Å². The van der Waals surface area contributed by atoms with Crippen LogP contribution in [0.5, 0.6) is 5.75 Å². The summed E-state index contributed by atoms with van der Waals surface area (Å²) in [7, 11) is 0. The van der Waals surface area contributed by atoms with Gasteiger partial charge in [0, 0.05) is 12.6 Å². The molecular formula is C16H25NO2. The Hall–Kier alpha value is -1.06. The highest BCUT2D eigenvalue weighted by Gasteiger charge is 2.19. The third-order valence-corrected chi connectivity index (χ3v) is 4.02. The summed E-state index contributed by atoms with van der Waals surface area (Å²) in [6, 6.07) is 6.11. The van der Waals surface area contributed by atoms with Gasteiger partial charge in [-0.1, -0.05) is 13.0 Å². The van der Waals surface area contributed by atoms with E-state index in [-0.39, 0.29) is 6.61 Å².